The molecular weight excluding hydrogens is 261 g/mol. The molecule has 0 aliphatic carbocycles. The van der Waals surface area contributed by atoms with Gasteiger partial charge in [0.05, 0.1) is 6.16 Å². The molecule has 2 aromatic rings. The third-order valence-electron chi connectivity index (χ3n) is 2.33. The predicted octanol–water partition coefficient (Wildman–Crippen LogP) is 2.68. The van der Waals surface area contributed by atoms with E-state index in [1.807, 2.05) is 60.7 Å². The van der Waals surface area contributed by atoms with Gasteiger partial charge in [0.25, 0.3) is 0 Å². The summed E-state index contributed by atoms with van der Waals surface area (Å²) in [6.45, 7) is 0. The molecule has 0 aromatic heterocycles. The summed E-state index contributed by atoms with van der Waals surface area (Å²) in [5.41, 5.74) is 7.14. The van der Waals surface area contributed by atoms with Gasteiger partial charge >= 0.3 is 7.60 Å². The molecule has 0 aliphatic heterocycles. The minimum atomic E-state index is -3.83. The number of hydrogen-bond acceptors (Lipinski definition) is 2. The van der Waals surface area contributed by atoms with Crippen LogP contribution in [0.5, 0.6) is 0 Å². The second-order valence-electron chi connectivity index (χ2n) is 4.03. The van der Waals surface area contributed by atoms with E-state index in [1.165, 1.54) is 0 Å². The SMILES string of the molecule is Nc1ccccc1.O=P(O)(O)CCc1ccccc1. The van der Waals surface area contributed by atoms with Gasteiger partial charge in [0.1, 0.15) is 0 Å². The smallest absolute Gasteiger partial charge is 0.325 e. The van der Waals surface area contributed by atoms with Crippen molar-refractivity contribution in [1.29, 1.82) is 0 Å². The van der Waals surface area contributed by atoms with Gasteiger partial charge in [-0.25, -0.2) is 0 Å². The largest absolute Gasteiger partial charge is 0.399 e. The van der Waals surface area contributed by atoms with Crippen molar-refractivity contribution in [1.82, 2.24) is 0 Å². The highest BCUT2D eigenvalue weighted by Crippen LogP contribution is 2.34. The Morgan fingerprint density at radius 3 is 1.74 bits per heavy atom. The summed E-state index contributed by atoms with van der Waals surface area (Å²) in [4.78, 5) is 17.2. The first kappa shape index (κ1) is 15.4. The quantitative estimate of drug-likeness (QED) is 0.596. The van der Waals surface area contributed by atoms with Crippen molar-refractivity contribution in [2.75, 3.05) is 11.9 Å². The highest BCUT2D eigenvalue weighted by Gasteiger charge is 2.11. The second-order valence-corrected chi connectivity index (χ2v) is 5.81. The number of aryl methyl sites for hydroxylation is 1. The van der Waals surface area contributed by atoms with Crippen molar-refractivity contribution in [2.45, 2.75) is 6.42 Å². The van der Waals surface area contributed by atoms with Crippen molar-refractivity contribution in [3.05, 3.63) is 66.2 Å². The molecule has 0 radical (unpaired) electrons. The summed E-state index contributed by atoms with van der Waals surface area (Å²) in [5, 5.41) is 0. The summed E-state index contributed by atoms with van der Waals surface area (Å²) >= 11 is 0. The Bertz CT molecular complexity index is 511. The van der Waals surface area contributed by atoms with Crippen LogP contribution in [0, 0.1) is 0 Å². The minimum absolute atomic E-state index is 0.0724. The van der Waals surface area contributed by atoms with Gasteiger partial charge in [0.2, 0.25) is 0 Å². The lowest BCUT2D eigenvalue weighted by atomic mass is 10.2. The van der Waals surface area contributed by atoms with Crippen LogP contribution in [0.1, 0.15) is 5.56 Å². The van der Waals surface area contributed by atoms with Crippen molar-refractivity contribution < 1.29 is 14.4 Å². The van der Waals surface area contributed by atoms with E-state index >= 15 is 0 Å². The molecule has 0 unspecified atom stereocenters. The average Bonchev–Trinajstić information content (AvgIpc) is 2.39. The monoisotopic (exact) mass is 279 g/mol. The zero-order chi connectivity index (χ0) is 14.1. The van der Waals surface area contributed by atoms with Gasteiger partial charge < -0.3 is 15.5 Å². The maximum absolute atomic E-state index is 10.5. The normalized spacial score (nSPS) is 10.4. The molecule has 4 nitrogen and oxygen atoms in total. The molecule has 2 aromatic carbocycles. The zero-order valence-corrected chi connectivity index (χ0v) is 11.4. The molecule has 0 saturated heterocycles. The van der Waals surface area contributed by atoms with Crippen LogP contribution >= 0.6 is 7.60 Å². The van der Waals surface area contributed by atoms with E-state index in [0.717, 1.165) is 11.3 Å². The van der Waals surface area contributed by atoms with Crippen LogP contribution in [0.3, 0.4) is 0 Å². The van der Waals surface area contributed by atoms with Crippen LogP contribution in [-0.2, 0) is 11.0 Å². The Morgan fingerprint density at radius 2 is 1.37 bits per heavy atom. The van der Waals surface area contributed by atoms with Crippen LogP contribution in [0.4, 0.5) is 5.69 Å². The van der Waals surface area contributed by atoms with Crippen molar-refractivity contribution in [3.8, 4) is 0 Å². The van der Waals surface area contributed by atoms with E-state index in [0.29, 0.717) is 6.42 Å². The number of nitrogen functional groups attached to an aromatic ring is 1. The van der Waals surface area contributed by atoms with Gasteiger partial charge in [0, 0.05) is 5.69 Å². The average molecular weight is 279 g/mol. The standard InChI is InChI=1S/C8H11O3P.C6H7N/c9-12(10,11)7-6-8-4-2-1-3-5-8;7-6-4-2-1-3-5-6/h1-5H,6-7H2,(H2,9,10,11);1-5H,7H2. The van der Waals surface area contributed by atoms with Gasteiger partial charge in [-0.2, -0.15) is 0 Å². The van der Waals surface area contributed by atoms with Crippen molar-refractivity contribution in [3.63, 3.8) is 0 Å². The highest BCUT2D eigenvalue weighted by atomic mass is 31.2. The lowest BCUT2D eigenvalue weighted by Crippen LogP contribution is -1.92. The maximum Gasteiger partial charge on any atom is 0.325 e. The number of nitrogens with two attached hydrogens (primary N) is 1. The lowest BCUT2D eigenvalue weighted by molar-refractivity contribution is 0.373. The topological polar surface area (TPSA) is 83.6 Å². The van der Waals surface area contributed by atoms with Crippen LogP contribution in [0.15, 0.2) is 60.7 Å². The van der Waals surface area contributed by atoms with Gasteiger partial charge in [-0.3, -0.25) is 4.57 Å². The van der Waals surface area contributed by atoms with Gasteiger partial charge in [-0.1, -0.05) is 48.5 Å². The minimum Gasteiger partial charge on any atom is -0.399 e. The maximum atomic E-state index is 10.5. The van der Waals surface area contributed by atoms with Crippen LogP contribution in [-0.4, -0.2) is 15.9 Å². The summed E-state index contributed by atoms with van der Waals surface area (Å²) < 4.78 is 10.5. The second kappa shape index (κ2) is 7.74. The van der Waals surface area contributed by atoms with E-state index in [1.54, 1.807) is 0 Å². The number of anilines is 1. The molecule has 19 heavy (non-hydrogen) atoms. The number of para-hydroxylation sites is 1. The van der Waals surface area contributed by atoms with E-state index < -0.39 is 7.60 Å². The van der Waals surface area contributed by atoms with E-state index in [2.05, 4.69) is 0 Å². The number of benzene rings is 2. The molecule has 0 amide bonds. The van der Waals surface area contributed by atoms with Crippen LogP contribution in [0.2, 0.25) is 0 Å². The van der Waals surface area contributed by atoms with E-state index in [-0.39, 0.29) is 6.16 Å². The summed E-state index contributed by atoms with van der Waals surface area (Å²) in [7, 11) is -3.83. The molecule has 4 N–H and O–H groups in total. The number of hydrogen-bond donors (Lipinski definition) is 3. The Morgan fingerprint density at radius 1 is 0.895 bits per heavy atom. The first-order valence-corrected chi connectivity index (χ1v) is 7.66. The van der Waals surface area contributed by atoms with Crippen molar-refractivity contribution in [2.24, 2.45) is 0 Å². The molecule has 0 spiro atoms. The summed E-state index contributed by atoms with van der Waals surface area (Å²) in [5.74, 6) is 0. The molecule has 5 heteroatoms. The van der Waals surface area contributed by atoms with Gasteiger partial charge in [-0.15, -0.1) is 0 Å². The number of rotatable bonds is 3. The molecule has 0 fully saturated rings. The summed E-state index contributed by atoms with van der Waals surface area (Å²) in [6, 6.07) is 18.8. The molecular formula is C14H18NO3P. The van der Waals surface area contributed by atoms with E-state index in [4.69, 9.17) is 15.5 Å². The first-order valence-electron chi connectivity index (χ1n) is 5.86. The lowest BCUT2D eigenvalue weighted by Gasteiger charge is -2.02. The van der Waals surface area contributed by atoms with Crippen LogP contribution in [0.25, 0.3) is 0 Å². The van der Waals surface area contributed by atoms with Gasteiger partial charge in [0.15, 0.2) is 0 Å². The molecule has 102 valence electrons. The zero-order valence-electron chi connectivity index (χ0n) is 10.5. The summed E-state index contributed by atoms with van der Waals surface area (Å²) in [6.07, 6.45) is 0.363. The Labute approximate surface area is 113 Å². The Balaban J connectivity index is 0.000000218. The molecule has 0 heterocycles. The highest BCUT2D eigenvalue weighted by molar-refractivity contribution is 7.51. The Hall–Kier alpha value is -1.61. The molecule has 0 saturated carbocycles. The van der Waals surface area contributed by atoms with Gasteiger partial charge in [-0.05, 0) is 24.1 Å². The predicted molar refractivity (Wildman–Crippen MR) is 77.9 cm³/mol. The van der Waals surface area contributed by atoms with Crippen LogP contribution < -0.4 is 5.73 Å². The molecule has 2 rings (SSSR count). The third kappa shape index (κ3) is 8.16. The molecule has 0 bridgehead atoms. The molecule has 0 aliphatic rings. The fourth-order valence-electron chi connectivity index (χ4n) is 1.37. The van der Waals surface area contributed by atoms with E-state index in [9.17, 15) is 4.57 Å². The third-order valence-corrected chi connectivity index (χ3v) is 3.14. The first-order chi connectivity index (χ1) is 8.97. The van der Waals surface area contributed by atoms with Crippen molar-refractivity contribution >= 4 is 13.3 Å². The molecule has 0 atom stereocenters. The fourth-order valence-corrected chi connectivity index (χ4v) is 1.92. The fraction of sp³-hybridized carbons (Fsp3) is 0.143. The Kier molecular flexibility index (Phi) is 6.30.